The van der Waals surface area contributed by atoms with E-state index >= 15 is 0 Å². The number of hydrogen-bond acceptors (Lipinski definition) is 5. The fraction of sp³-hybridized carbons (Fsp3) is 0.500. The number of thiocarbonyl (C=S) groups is 1. The third-order valence-electron chi connectivity index (χ3n) is 1.51. The molecule has 1 fully saturated rings. The molecular weight excluding hydrogens is 198 g/mol. The molecule has 0 aromatic heterocycles. The average molecular weight is 204 g/mol. The molecule has 1 aliphatic rings. The normalized spacial score (nSPS) is 19.9. The predicted molar refractivity (Wildman–Crippen MR) is 46.4 cm³/mol. The standard InChI is InChI=1S/C6H7NO3S2/c1-3(5(9)10)7-4(8)2-12-6(7)11/h3H,2H2,1H3,(H,9,10)/p-1. The lowest BCUT2D eigenvalue weighted by atomic mass is 10.3. The van der Waals surface area contributed by atoms with Gasteiger partial charge in [-0.3, -0.25) is 9.69 Å². The summed E-state index contributed by atoms with van der Waals surface area (Å²) in [6, 6.07) is -0.958. The second-order valence-corrected chi connectivity index (χ2v) is 3.92. The maximum Gasteiger partial charge on any atom is 0.239 e. The maximum absolute atomic E-state index is 11.1. The predicted octanol–water partition coefficient (Wildman–Crippen LogP) is -1.01. The zero-order valence-corrected chi connectivity index (χ0v) is 7.91. The van der Waals surface area contributed by atoms with Crippen molar-refractivity contribution in [2.75, 3.05) is 5.75 Å². The molecule has 0 aromatic carbocycles. The van der Waals surface area contributed by atoms with Crippen molar-refractivity contribution in [3.05, 3.63) is 0 Å². The minimum atomic E-state index is -1.28. The number of nitrogens with zero attached hydrogens (tertiary/aromatic N) is 1. The smallest absolute Gasteiger partial charge is 0.239 e. The van der Waals surface area contributed by atoms with Gasteiger partial charge in [-0.2, -0.15) is 0 Å². The minimum Gasteiger partial charge on any atom is -0.548 e. The molecule has 0 aliphatic carbocycles. The zero-order valence-electron chi connectivity index (χ0n) is 6.27. The van der Waals surface area contributed by atoms with E-state index in [4.69, 9.17) is 12.2 Å². The van der Waals surface area contributed by atoms with Crippen LogP contribution in [0.2, 0.25) is 0 Å². The monoisotopic (exact) mass is 204 g/mol. The third kappa shape index (κ3) is 1.59. The molecular formula is C6H6NO3S2-. The molecule has 0 aromatic rings. The Morgan fingerprint density at radius 2 is 2.42 bits per heavy atom. The van der Waals surface area contributed by atoms with E-state index in [2.05, 4.69) is 0 Å². The summed E-state index contributed by atoms with van der Waals surface area (Å²) in [4.78, 5) is 22.5. The second-order valence-electron chi connectivity index (χ2n) is 2.31. The van der Waals surface area contributed by atoms with Crippen LogP contribution in [-0.2, 0) is 9.59 Å². The SMILES string of the molecule is CC(C(=O)[O-])N1C(=O)CSC1=S. The van der Waals surface area contributed by atoms with Gasteiger partial charge in [0.05, 0.1) is 17.8 Å². The summed E-state index contributed by atoms with van der Waals surface area (Å²) in [5.41, 5.74) is 0. The molecule has 1 unspecified atom stereocenters. The Kier molecular flexibility index (Phi) is 2.69. The van der Waals surface area contributed by atoms with Crippen LogP contribution in [0, 0.1) is 0 Å². The maximum atomic E-state index is 11.1. The number of rotatable bonds is 2. The highest BCUT2D eigenvalue weighted by atomic mass is 32.2. The number of carboxylic acid groups (broad SMARTS) is 1. The quantitative estimate of drug-likeness (QED) is 0.539. The number of carbonyl (C=O) groups excluding carboxylic acids is 2. The average Bonchev–Trinajstić information content (AvgIpc) is 2.30. The molecule has 12 heavy (non-hydrogen) atoms. The first-order valence-corrected chi connectivity index (χ1v) is 4.63. The summed E-state index contributed by atoms with van der Waals surface area (Å²) in [6.45, 7) is 1.38. The van der Waals surface area contributed by atoms with E-state index in [1.54, 1.807) is 0 Å². The Morgan fingerprint density at radius 1 is 1.83 bits per heavy atom. The van der Waals surface area contributed by atoms with Crippen LogP contribution in [0.15, 0.2) is 0 Å². The Labute approximate surface area is 78.9 Å². The molecule has 0 radical (unpaired) electrons. The van der Waals surface area contributed by atoms with E-state index in [0.29, 0.717) is 4.32 Å². The number of carbonyl (C=O) groups is 2. The van der Waals surface area contributed by atoms with E-state index in [9.17, 15) is 14.7 Å². The van der Waals surface area contributed by atoms with Gasteiger partial charge in [-0.15, -0.1) is 0 Å². The van der Waals surface area contributed by atoms with Crippen LogP contribution in [0.5, 0.6) is 0 Å². The molecule has 1 rings (SSSR count). The van der Waals surface area contributed by atoms with Crippen LogP contribution in [0.1, 0.15) is 6.92 Å². The lowest BCUT2D eigenvalue weighted by Gasteiger charge is -2.23. The second kappa shape index (κ2) is 3.40. The molecule has 1 atom stereocenters. The summed E-state index contributed by atoms with van der Waals surface area (Å²) in [7, 11) is 0. The van der Waals surface area contributed by atoms with E-state index in [1.165, 1.54) is 18.7 Å². The van der Waals surface area contributed by atoms with Gasteiger partial charge in [0.1, 0.15) is 4.32 Å². The highest BCUT2D eigenvalue weighted by Gasteiger charge is 2.31. The van der Waals surface area contributed by atoms with E-state index in [1.807, 2.05) is 0 Å². The topological polar surface area (TPSA) is 60.4 Å². The number of aliphatic carboxylic acids is 1. The molecule has 0 N–H and O–H groups in total. The largest absolute Gasteiger partial charge is 0.548 e. The van der Waals surface area contributed by atoms with Gasteiger partial charge < -0.3 is 9.90 Å². The van der Waals surface area contributed by atoms with Gasteiger partial charge in [-0.1, -0.05) is 24.0 Å². The van der Waals surface area contributed by atoms with Crippen LogP contribution in [0.3, 0.4) is 0 Å². The van der Waals surface area contributed by atoms with Gasteiger partial charge >= 0.3 is 0 Å². The lowest BCUT2D eigenvalue weighted by molar-refractivity contribution is -0.309. The van der Waals surface area contributed by atoms with Crippen molar-refractivity contribution in [1.82, 2.24) is 4.90 Å². The van der Waals surface area contributed by atoms with Crippen molar-refractivity contribution in [1.29, 1.82) is 0 Å². The Bertz CT molecular complexity index is 237. The van der Waals surface area contributed by atoms with E-state index in [-0.39, 0.29) is 11.7 Å². The van der Waals surface area contributed by atoms with Crippen molar-refractivity contribution < 1.29 is 14.7 Å². The van der Waals surface area contributed by atoms with Crippen LogP contribution in [0.4, 0.5) is 0 Å². The first-order valence-electron chi connectivity index (χ1n) is 3.23. The summed E-state index contributed by atoms with van der Waals surface area (Å²) in [5, 5.41) is 10.4. The van der Waals surface area contributed by atoms with Gasteiger partial charge in [0.2, 0.25) is 5.91 Å². The van der Waals surface area contributed by atoms with Gasteiger partial charge in [-0.25, -0.2) is 0 Å². The molecule has 0 saturated carbocycles. The Morgan fingerprint density at radius 3 is 2.75 bits per heavy atom. The third-order valence-corrected chi connectivity index (χ3v) is 2.90. The van der Waals surface area contributed by atoms with Gasteiger partial charge in [0.15, 0.2) is 0 Å². The highest BCUT2D eigenvalue weighted by Crippen LogP contribution is 2.21. The lowest BCUT2D eigenvalue weighted by Crippen LogP contribution is -2.48. The highest BCUT2D eigenvalue weighted by molar-refractivity contribution is 8.23. The number of thioether (sulfide) groups is 1. The molecule has 1 saturated heterocycles. The number of hydrogen-bond donors (Lipinski definition) is 0. The van der Waals surface area contributed by atoms with Crippen molar-refractivity contribution >= 4 is 40.2 Å². The number of carboxylic acids is 1. The fourth-order valence-electron chi connectivity index (χ4n) is 0.844. The molecule has 4 nitrogen and oxygen atoms in total. The zero-order chi connectivity index (χ0) is 9.30. The van der Waals surface area contributed by atoms with Crippen LogP contribution < -0.4 is 5.11 Å². The Hall–Kier alpha value is -0.620. The van der Waals surface area contributed by atoms with Crippen molar-refractivity contribution in [3.63, 3.8) is 0 Å². The van der Waals surface area contributed by atoms with Gasteiger partial charge in [0, 0.05) is 0 Å². The van der Waals surface area contributed by atoms with Crippen molar-refractivity contribution in [2.45, 2.75) is 13.0 Å². The summed E-state index contributed by atoms with van der Waals surface area (Å²) in [6.07, 6.45) is 0. The van der Waals surface area contributed by atoms with Crippen LogP contribution >= 0.6 is 24.0 Å². The molecule has 6 heteroatoms. The summed E-state index contributed by atoms with van der Waals surface area (Å²) >= 11 is 5.97. The fourth-order valence-corrected chi connectivity index (χ4v) is 2.07. The summed E-state index contributed by atoms with van der Waals surface area (Å²) < 4.78 is 0.316. The number of amides is 1. The van der Waals surface area contributed by atoms with Gasteiger partial charge in [0.25, 0.3) is 0 Å². The van der Waals surface area contributed by atoms with Crippen LogP contribution in [-0.4, -0.2) is 32.9 Å². The van der Waals surface area contributed by atoms with Crippen molar-refractivity contribution in [3.8, 4) is 0 Å². The first-order chi connectivity index (χ1) is 5.54. The minimum absolute atomic E-state index is 0.233. The molecule has 1 amide bonds. The molecule has 1 aliphatic heterocycles. The summed E-state index contributed by atoms with van der Waals surface area (Å²) in [5.74, 6) is -1.31. The van der Waals surface area contributed by atoms with Gasteiger partial charge in [-0.05, 0) is 6.92 Å². The molecule has 0 spiro atoms. The van der Waals surface area contributed by atoms with E-state index in [0.717, 1.165) is 4.90 Å². The van der Waals surface area contributed by atoms with Crippen molar-refractivity contribution in [2.24, 2.45) is 0 Å². The Balaban J connectivity index is 2.79. The first kappa shape index (κ1) is 9.47. The molecule has 66 valence electrons. The van der Waals surface area contributed by atoms with Crippen LogP contribution in [0.25, 0.3) is 0 Å². The van der Waals surface area contributed by atoms with E-state index < -0.39 is 12.0 Å². The molecule has 1 heterocycles. The molecule has 0 bridgehead atoms.